The van der Waals surface area contributed by atoms with E-state index in [1.54, 1.807) is 18.2 Å². The summed E-state index contributed by atoms with van der Waals surface area (Å²) in [4.78, 5) is 15.7. The summed E-state index contributed by atoms with van der Waals surface area (Å²) in [5.74, 6) is -1.19. The van der Waals surface area contributed by atoms with Crippen molar-refractivity contribution in [1.29, 1.82) is 0 Å². The summed E-state index contributed by atoms with van der Waals surface area (Å²) in [5.41, 5.74) is 7.28. The summed E-state index contributed by atoms with van der Waals surface area (Å²) >= 11 is 0. The van der Waals surface area contributed by atoms with E-state index in [-0.39, 0.29) is 22.6 Å². The van der Waals surface area contributed by atoms with Gasteiger partial charge in [-0.1, -0.05) is 45.0 Å². The molecular weight excluding hydrogens is 359 g/mol. The lowest BCUT2D eigenvalue weighted by Crippen LogP contribution is -2.14. The zero-order valence-electron chi connectivity index (χ0n) is 16.1. The molecule has 0 aliphatic heterocycles. The smallest absolute Gasteiger partial charge is 0.288 e. The van der Waals surface area contributed by atoms with Gasteiger partial charge in [-0.25, -0.2) is 14.1 Å². The molecule has 0 aliphatic rings. The van der Waals surface area contributed by atoms with Gasteiger partial charge in [0.1, 0.15) is 5.82 Å². The summed E-state index contributed by atoms with van der Waals surface area (Å²) < 4.78 is 21.4. The van der Waals surface area contributed by atoms with Gasteiger partial charge in [0, 0.05) is 0 Å². The van der Waals surface area contributed by atoms with Crippen LogP contribution < -0.4 is 5.73 Å². The van der Waals surface area contributed by atoms with Gasteiger partial charge in [-0.15, -0.1) is 5.10 Å². The predicted molar refractivity (Wildman–Crippen MR) is 104 cm³/mol. The highest BCUT2D eigenvalue weighted by Gasteiger charge is 2.19. The Balaban J connectivity index is 1.91. The van der Waals surface area contributed by atoms with Gasteiger partial charge >= 0.3 is 0 Å². The molecule has 1 aromatic heterocycles. The van der Waals surface area contributed by atoms with Crippen LogP contribution in [0.3, 0.4) is 0 Å². The highest BCUT2D eigenvalue weighted by Crippen LogP contribution is 2.24. The van der Waals surface area contributed by atoms with Crippen LogP contribution in [0.1, 0.15) is 37.0 Å². The zero-order valence-corrected chi connectivity index (χ0v) is 16.1. The van der Waals surface area contributed by atoms with Crippen molar-refractivity contribution in [2.45, 2.75) is 27.4 Å². The van der Waals surface area contributed by atoms with E-state index in [1.165, 1.54) is 10.7 Å². The van der Waals surface area contributed by atoms with E-state index in [0.29, 0.717) is 18.9 Å². The van der Waals surface area contributed by atoms with Crippen LogP contribution >= 0.6 is 0 Å². The Labute approximate surface area is 163 Å². The molecule has 1 amide bonds. The summed E-state index contributed by atoms with van der Waals surface area (Å²) in [7, 11) is 0. The molecular formula is C21H23FN4O2. The van der Waals surface area contributed by atoms with E-state index < -0.39 is 11.7 Å². The Bertz CT molecular complexity index is 975. The van der Waals surface area contributed by atoms with Crippen molar-refractivity contribution >= 4 is 5.91 Å². The van der Waals surface area contributed by atoms with Gasteiger partial charge in [0.2, 0.25) is 5.82 Å². The molecule has 3 aromatic rings. The van der Waals surface area contributed by atoms with Crippen LogP contribution in [0.5, 0.6) is 0 Å². The maximum Gasteiger partial charge on any atom is 0.288 e. The van der Waals surface area contributed by atoms with Crippen molar-refractivity contribution in [2.24, 2.45) is 11.1 Å². The van der Waals surface area contributed by atoms with Crippen molar-refractivity contribution in [1.82, 2.24) is 14.8 Å². The Hall–Kier alpha value is -3.06. The fraction of sp³-hybridized carbons (Fsp3) is 0.286. The van der Waals surface area contributed by atoms with Crippen LogP contribution in [0, 0.1) is 11.2 Å². The SMILES string of the molecule is CC(C)(C)COCc1ccc(-n2nc(C(N)=O)nc2-c2ccccc2F)cc1. The first-order valence-electron chi connectivity index (χ1n) is 8.93. The molecule has 0 radical (unpaired) electrons. The monoisotopic (exact) mass is 382 g/mol. The van der Waals surface area contributed by atoms with Crippen LogP contribution in [0.15, 0.2) is 48.5 Å². The minimum atomic E-state index is -0.775. The summed E-state index contributed by atoms with van der Waals surface area (Å²) in [6, 6.07) is 13.6. The van der Waals surface area contributed by atoms with Gasteiger partial charge < -0.3 is 10.5 Å². The lowest BCUT2D eigenvalue weighted by Gasteiger charge is -2.18. The van der Waals surface area contributed by atoms with Crippen LogP contribution in [0.4, 0.5) is 4.39 Å². The molecule has 0 aliphatic carbocycles. The predicted octanol–water partition coefficient (Wildman–Crippen LogP) is 3.74. The molecule has 0 saturated heterocycles. The zero-order chi connectivity index (χ0) is 20.3. The molecule has 2 aromatic carbocycles. The molecule has 3 rings (SSSR count). The molecule has 146 valence electrons. The number of aromatic nitrogens is 3. The third kappa shape index (κ3) is 4.61. The minimum Gasteiger partial charge on any atom is -0.376 e. The Kier molecular flexibility index (Phi) is 5.56. The number of benzene rings is 2. The van der Waals surface area contributed by atoms with Gasteiger partial charge in [0.25, 0.3) is 5.91 Å². The van der Waals surface area contributed by atoms with Gasteiger partial charge in [0.15, 0.2) is 5.82 Å². The van der Waals surface area contributed by atoms with E-state index in [9.17, 15) is 9.18 Å². The average Bonchev–Trinajstić information content (AvgIpc) is 3.07. The molecule has 0 fully saturated rings. The topological polar surface area (TPSA) is 83.0 Å². The van der Waals surface area contributed by atoms with E-state index in [1.807, 2.05) is 24.3 Å². The van der Waals surface area contributed by atoms with Crippen LogP contribution in [0.25, 0.3) is 17.1 Å². The van der Waals surface area contributed by atoms with E-state index in [0.717, 1.165) is 5.56 Å². The fourth-order valence-corrected chi connectivity index (χ4v) is 2.62. The molecule has 6 nitrogen and oxygen atoms in total. The first kappa shape index (κ1) is 19.7. The van der Waals surface area contributed by atoms with Crippen molar-refractivity contribution < 1.29 is 13.9 Å². The maximum absolute atomic E-state index is 14.3. The maximum atomic E-state index is 14.3. The Morgan fingerprint density at radius 3 is 2.43 bits per heavy atom. The number of halogens is 1. The van der Waals surface area contributed by atoms with E-state index in [4.69, 9.17) is 10.5 Å². The average molecular weight is 382 g/mol. The van der Waals surface area contributed by atoms with Crippen molar-refractivity contribution in [3.05, 3.63) is 65.7 Å². The van der Waals surface area contributed by atoms with E-state index >= 15 is 0 Å². The second-order valence-electron chi connectivity index (χ2n) is 7.73. The normalized spacial score (nSPS) is 11.6. The number of nitrogens with two attached hydrogens (primary N) is 1. The third-order valence-corrected chi connectivity index (χ3v) is 3.93. The Morgan fingerprint density at radius 2 is 1.82 bits per heavy atom. The number of hydrogen-bond donors (Lipinski definition) is 1. The number of ether oxygens (including phenoxy) is 1. The number of rotatable bonds is 6. The van der Waals surface area contributed by atoms with Crippen LogP contribution in [0.2, 0.25) is 0 Å². The van der Waals surface area contributed by atoms with Gasteiger partial charge in [-0.3, -0.25) is 4.79 Å². The molecule has 28 heavy (non-hydrogen) atoms. The molecule has 0 atom stereocenters. The number of nitrogens with zero attached hydrogens (tertiary/aromatic N) is 3. The summed E-state index contributed by atoms with van der Waals surface area (Å²) in [5, 5.41) is 4.15. The molecule has 0 spiro atoms. The van der Waals surface area contributed by atoms with Crippen molar-refractivity contribution in [3.8, 4) is 17.1 Å². The van der Waals surface area contributed by atoms with Gasteiger partial charge in [0.05, 0.1) is 24.5 Å². The summed E-state index contributed by atoms with van der Waals surface area (Å²) in [6.07, 6.45) is 0. The van der Waals surface area contributed by atoms with Gasteiger partial charge in [-0.2, -0.15) is 0 Å². The number of amides is 1. The highest BCUT2D eigenvalue weighted by atomic mass is 19.1. The number of hydrogen-bond acceptors (Lipinski definition) is 4. The van der Waals surface area contributed by atoms with Crippen LogP contribution in [-0.2, 0) is 11.3 Å². The number of carbonyl (C=O) groups is 1. The molecule has 0 bridgehead atoms. The second-order valence-corrected chi connectivity index (χ2v) is 7.73. The first-order chi connectivity index (χ1) is 13.2. The quantitative estimate of drug-likeness (QED) is 0.704. The third-order valence-electron chi connectivity index (χ3n) is 3.93. The number of primary amides is 1. The minimum absolute atomic E-state index is 0.0977. The van der Waals surface area contributed by atoms with Crippen LogP contribution in [-0.4, -0.2) is 27.3 Å². The Morgan fingerprint density at radius 1 is 1.14 bits per heavy atom. The van der Waals surface area contributed by atoms with Crippen molar-refractivity contribution in [3.63, 3.8) is 0 Å². The second kappa shape index (κ2) is 7.90. The highest BCUT2D eigenvalue weighted by molar-refractivity contribution is 5.89. The molecule has 2 N–H and O–H groups in total. The first-order valence-corrected chi connectivity index (χ1v) is 8.93. The molecule has 7 heteroatoms. The largest absolute Gasteiger partial charge is 0.376 e. The van der Waals surface area contributed by atoms with E-state index in [2.05, 4.69) is 30.9 Å². The van der Waals surface area contributed by atoms with Gasteiger partial charge in [-0.05, 0) is 35.2 Å². The molecule has 0 unspecified atom stereocenters. The molecule has 1 heterocycles. The van der Waals surface area contributed by atoms with Crippen molar-refractivity contribution in [2.75, 3.05) is 6.61 Å². The standard InChI is InChI=1S/C21H23FN4O2/c1-21(2,3)13-28-12-14-8-10-15(11-9-14)26-20(24-19(25-26)18(23)27)16-6-4-5-7-17(16)22/h4-11H,12-13H2,1-3H3,(H2,23,27). The fourth-order valence-electron chi connectivity index (χ4n) is 2.62. The molecule has 0 saturated carbocycles. The lowest BCUT2D eigenvalue weighted by atomic mass is 9.99. The summed E-state index contributed by atoms with van der Waals surface area (Å²) in [6.45, 7) is 7.48. The number of carbonyl (C=O) groups excluding carboxylic acids is 1. The lowest BCUT2D eigenvalue weighted by molar-refractivity contribution is 0.0599.